The molecule has 5 heteroatoms. The molecule has 2 aromatic heterocycles. The van der Waals surface area contributed by atoms with Gasteiger partial charge in [-0.05, 0) is 67.8 Å². The maximum absolute atomic E-state index is 12.0. The van der Waals surface area contributed by atoms with Crippen molar-refractivity contribution in [2.75, 3.05) is 37.6 Å². The van der Waals surface area contributed by atoms with Crippen molar-refractivity contribution in [3.8, 4) is 5.69 Å². The van der Waals surface area contributed by atoms with Crippen LogP contribution in [0.2, 0.25) is 0 Å². The second kappa shape index (κ2) is 9.45. The van der Waals surface area contributed by atoms with Gasteiger partial charge in [-0.15, -0.1) is 0 Å². The predicted molar refractivity (Wildman–Crippen MR) is 132 cm³/mol. The monoisotopic (exact) mass is 426 g/mol. The highest BCUT2D eigenvalue weighted by atomic mass is 16.1. The van der Waals surface area contributed by atoms with E-state index in [9.17, 15) is 4.79 Å². The summed E-state index contributed by atoms with van der Waals surface area (Å²) in [5.74, 6) is 0. The molecule has 32 heavy (non-hydrogen) atoms. The van der Waals surface area contributed by atoms with Crippen LogP contribution in [0.15, 0.2) is 83.9 Å². The number of H-pyrrole nitrogens is 1. The van der Waals surface area contributed by atoms with Gasteiger partial charge in [0.15, 0.2) is 0 Å². The number of fused-ring (bicyclic) bond motifs is 1. The molecule has 5 rings (SSSR count). The summed E-state index contributed by atoms with van der Waals surface area (Å²) in [7, 11) is 0. The maximum Gasteiger partial charge on any atom is 0.255 e. The molecule has 2 aromatic carbocycles. The van der Waals surface area contributed by atoms with Gasteiger partial charge in [0, 0.05) is 66.9 Å². The number of aryl methyl sites for hydroxylation is 1. The largest absolute Gasteiger partial charge is 0.369 e. The van der Waals surface area contributed by atoms with Gasteiger partial charge >= 0.3 is 0 Å². The molecule has 1 fully saturated rings. The Morgan fingerprint density at radius 1 is 0.781 bits per heavy atom. The Bertz CT molecular complexity index is 1220. The third-order valence-corrected chi connectivity index (χ3v) is 6.53. The fourth-order valence-corrected chi connectivity index (χ4v) is 4.68. The summed E-state index contributed by atoms with van der Waals surface area (Å²) in [5.41, 5.74) is 4.82. The number of rotatable bonds is 7. The highest BCUT2D eigenvalue weighted by Gasteiger charge is 2.17. The minimum atomic E-state index is -0.00134. The minimum absolute atomic E-state index is 0.00134. The van der Waals surface area contributed by atoms with Gasteiger partial charge < -0.3 is 9.88 Å². The number of hydrogen-bond acceptors (Lipinski definition) is 3. The Hall–Kier alpha value is -3.31. The smallest absolute Gasteiger partial charge is 0.255 e. The zero-order chi connectivity index (χ0) is 21.8. The maximum atomic E-state index is 12.0. The van der Waals surface area contributed by atoms with Crippen molar-refractivity contribution in [2.24, 2.45) is 0 Å². The molecule has 4 aromatic rings. The Morgan fingerprint density at radius 3 is 2.34 bits per heavy atom. The van der Waals surface area contributed by atoms with Crippen LogP contribution < -0.4 is 10.5 Å². The molecular formula is C27H30N4O. The first-order valence-corrected chi connectivity index (χ1v) is 11.6. The van der Waals surface area contributed by atoms with Crippen LogP contribution in [0, 0.1) is 0 Å². The third kappa shape index (κ3) is 4.48. The van der Waals surface area contributed by atoms with E-state index in [0.717, 1.165) is 38.3 Å². The van der Waals surface area contributed by atoms with Crippen LogP contribution in [0.1, 0.15) is 18.4 Å². The number of nitrogens with one attached hydrogen (secondary N) is 1. The number of aromatic nitrogens is 2. The van der Waals surface area contributed by atoms with Crippen LogP contribution in [-0.2, 0) is 6.42 Å². The summed E-state index contributed by atoms with van der Waals surface area (Å²) >= 11 is 0. The minimum Gasteiger partial charge on any atom is -0.369 e. The number of para-hydroxylation sites is 1. The molecule has 0 unspecified atom stereocenters. The summed E-state index contributed by atoms with van der Waals surface area (Å²) in [6, 6.07) is 22.1. The second-order valence-electron chi connectivity index (χ2n) is 8.57. The van der Waals surface area contributed by atoms with Crippen molar-refractivity contribution in [1.82, 2.24) is 14.5 Å². The third-order valence-electron chi connectivity index (χ3n) is 6.53. The van der Waals surface area contributed by atoms with Crippen molar-refractivity contribution >= 4 is 16.6 Å². The van der Waals surface area contributed by atoms with E-state index < -0.39 is 0 Å². The number of aromatic amines is 1. The molecule has 0 spiro atoms. The molecule has 5 nitrogen and oxygen atoms in total. The number of nitrogens with zero attached hydrogens (tertiary/aromatic N) is 3. The lowest BCUT2D eigenvalue weighted by Crippen LogP contribution is -2.46. The van der Waals surface area contributed by atoms with Crippen LogP contribution in [0.5, 0.6) is 0 Å². The lowest BCUT2D eigenvalue weighted by atomic mass is 10.1. The van der Waals surface area contributed by atoms with E-state index >= 15 is 0 Å². The summed E-state index contributed by atoms with van der Waals surface area (Å²) in [5, 5.41) is 1.37. The Morgan fingerprint density at radius 2 is 1.53 bits per heavy atom. The van der Waals surface area contributed by atoms with E-state index in [2.05, 4.69) is 57.4 Å². The van der Waals surface area contributed by atoms with Crippen molar-refractivity contribution in [3.05, 3.63) is 95.0 Å². The molecule has 0 aliphatic carbocycles. The van der Waals surface area contributed by atoms with Gasteiger partial charge in [-0.2, -0.15) is 0 Å². The Balaban J connectivity index is 1.08. The molecule has 0 radical (unpaired) electrons. The van der Waals surface area contributed by atoms with Crippen LogP contribution >= 0.6 is 0 Å². The standard InChI is InChI=1S/C27H30N4O/c32-27-10-4-6-16-31(27)24-13-11-23(12-14-24)30-19-17-29(18-20-30)15-5-3-7-22-21-28-26-9-2-1-8-25(22)26/h1-2,4,6,8-14,16,21,28H,3,5,7,15,17-20H2. The molecule has 1 N–H and O–H groups in total. The summed E-state index contributed by atoms with van der Waals surface area (Å²) < 4.78 is 1.68. The van der Waals surface area contributed by atoms with Gasteiger partial charge in [0.05, 0.1) is 0 Å². The average Bonchev–Trinajstić information content (AvgIpc) is 3.26. The predicted octanol–water partition coefficient (Wildman–Crippen LogP) is 4.46. The van der Waals surface area contributed by atoms with Crippen LogP contribution in [0.25, 0.3) is 16.6 Å². The highest BCUT2D eigenvalue weighted by Crippen LogP contribution is 2.21. The van der Waals surface area contributed by atoms with Gasteiger partial charge in [-0.3, -0.25) is 14.3 Å². The summed E-state index contributed by atoms with van der Waals surface area (Å²) in [6.07, 6.45) is 7.58. The molecule has 0 atom stereocenters. The van der Waals surface area contributed by atoms with Crippen molar-refractivity contribution in [2.45, 2.75) is 19.3 Å². The van der Waals surface area contributed by atoms with Gasteiger partial charge in [0.2, 0.25) is 0 Å². The first-order chi connectivity index (χ1) is 15.8. The number of unbranched alkanes of at least 4 members (excludes halogenated alkanes) is 1. The molecule has 0 saturated carbocycles. The first-order valence-electron chi connectivity index (χ1n) is 11.6. The average molecular weight is 427 g/mol. The molecule has 0 amide bonds. The number of hydrogen-bond donors (Lipinski definition) is 1. The van der Waals surface area contributed by atoms with Crippen molar-refractivity contribution in [1.29, 1.82) is 0 Å². The van der Waals surface area contributed by atoms with Gasteiger partial charge in [-0.1, -0.05) is 24.3 Å². The van der Waals surface area contributed by atoms with Crippen molar-refractivity contribution < 1.29 is 0 Å². The Labute approximate surface area is 188 Å². The number of pyridine rings is 1. The second-order valence-corrected chi connectivity index (χ2v) is 8.57. The van der Waals surface area contributed by atoms with Crippen LogP contribution in [0.4, 0.5) is 5.69 Å². The molecule has 1 saturated heterocycles. The Kier molecular flexibility index (Phi) is 6.08. The van der Waals surface area contributed by atoms with Crippen molar-refractivity contribution in [3.63, 3.8) is 0 Å². The van der Waals surface area contributed by atoms with Gasteiger partial charge in [0.1, 0.15) is 0 Å². The fraction of sp³-hybridized carbons (Fsp3) is 0.296. The number of benzene rings is 2. The van der Waals surface area contributed by atoms with E-state index in [0.29, 0.717) is 0 Å². The van der Waals surface area contributed by atoms with Crippen LogP contribution in [-0.4, -0.2) is 47.2 Å². The highest BCUT2D eigenvalue weighted by molar-refractivity contribution is 5.83. The normalized spacial score (nSPS) is 14.8. The number of anilines is 1. The molecule has 0 bridgehead atoms. The first kappa shape index (κ1) is 20.6. The fourth-order valence-electron chi connectivity index (χ4n) is 4.68. The number of piperazine rings is 1. The van der Waals surface area contributed by atoms with E-state index in [-0.39, 0.29) is 5.56 Å². The topological polar surface area (TPSA) is 44.3 Å². The molecule has 1 aliphatic rings. The van der Waals surface area contributed by atoms with E-state index in [1.165, 1.54) is 41.5 Å². The molecule has 3 heterocycles. The quantitative estimate of drug-likeness (QED) is 0.444. The molecule has 1 aliphatic heterocycles. The van der Waals surface area contributed by atoms with E-state index in [1.54, 1.807) is 16.7 Å². The van der Waals surface area contributed by atoms with E-state index in [1.807, 2.05) is 24.4 Å². The summed E-state index contributed by atoms with van der Waals surface area (Å²) in [4.78, 5) is 20.4. The zero-order valence-corrected chi connectivity index (χ0v) is 18.4. The SMILES string of the molecule is O=c1ccccn1-c1ccc(N2CCN(CCCCc3c[nH]c4ccccc34)CC2)cc1. The van der Waals surface area contributed by atoms with Crippen LogP contribution in [0.3, 0.4) is 0 Å². The van der Waals surface area contributed by atoms with Gasteiger partial charge in [0.25, 0.3) is 5.56 Å². The lowest BCUT2D eigenvalue weighted by Gasteiger charge is -2.36. The lowest BCUT2D eigenvalue weighted by molar-refractivity contribution is 0.253. The molecule has 164 valence electrons. The van der Waals surface area contributed by atoms with E-state index in [4.69, 9.17) is 0 Å². The molecular weight excluding hydrogens is 396 g/mol. The summed E-state index contributed by atoms with van der Waals surface area (Å²) in [6.45, 7) is 5.48. The van der Waals surface area contributed by atoms with Gasteiger partial charge in [-0.25, -0.2) is 0 Å². The zero-order valence-electron chi connectivity index (χ0n) is 18.4.